The number of hydrogen-bond donors (Lipinski definition) is 2. The van der Waals surface area contributed by atoms with Gasteiger partial charge in [0.1, 0.15) is 12.2 Å². The van der Waals surface area contributed by atoms with E-state index in [1.54, 1.807) is 6.33 Å². The van der Waals surface area contributed by atoms with Crippen LogP contribution in [0.3, 0.4) is 0 Å². The molecular weight excluding hydrogens is 441 g/mol. The molecule has 2 N–H and O–H groups in total. The summed E-state index contributed by atoms with van der Waals surface area (Å²) < 4.78 is 2.10. The van der Waals surface area contributed by atoms with Gasteiger partial charge in [0.05, 0.1) is 6.54 Å². The van der Waals surface area contributed by atoms with E-state index in [0.717, 1.165) is 62.9 Å². The molecule has 0 bridgehead atoms. The molecule has 0 radical (unpaired) electrons. The van der Waals surface area contributed by atoms with Gasteiger partial charge in [-0.25, -0.2) is 0 Å². The van der Waals surface area contributed by atoms with Gasteiger partial charge >= 0.3 is 0 Å². The van der Waals surface area contributed by atoms with E-state index in [1.807, 2.05) is 0 Å². The molecule has 3 rings (SSSR count). The third kappa shape index (κ3) is 7.02. The van der Waals surface area contributed by atoms with Crippen molar-refractivity contribution in [3.05, 3.63) is 12.2 Å². The maximum atomic E-state index is 4.76. The van der Waals surface area contributed by atoms with Crippen molar-refractivity contribution in [1.29, 1.82) is 0 Å². The van der Waals surface area contributed by atoms with Crippen LogP contribution < -0.4 is 10.6 Å². The van der Waals surface area contributed by atoms with Gasteiger partial charge in [-0.3, -0.25) is 9.89 Å². The van der Waals surface area contributed by atoms with Crippen molar-refractivity contribution in [2.75, 3.05) is 32.7 Å². The maximum absolute atomic E-state index is 4.76. The van der Waals surface area contributed by atoms with Gasteiger partial charge in [0.25, 0.3) is 0 Å². The van der Waals surface area contributed by atoms with Crippen molar-refractivity contribution in [3.8, 4) is 0 Å². The van der Waals surface area contributed by atoms with Crippen LogP contribution in [0, 0.1) is 5.92 Å². The summed E-state index contributed by atoms with van der Waals surface area (Å²) in [5.41, 5.74) is 0. The van der Waals surface area contributed by atoms with E-state index in [9.17, 15) is 0 Å². The second kappa shape index (κ2) is 11.1. The molecule has 0 unspecified atom stereocenters. The Balaban J connectivity index is 0.00000243. The van der Waals surface area contributed by atoms with E-state index < -0.39 is 0 Å². The summed E-state index contributed by atoms with van der Waals surface area (Å²) in [5, 5.41) is 14.9. The van der Waals surface area contributed by atoms with Crippen molar-refractivity contribution >= 4 is 29.9 Å². The molecule has 148 valence electrons. The molecule has 0 saturated heterocycles. The Labute approximate surface area is 174 Å². The van der Waals surface area contributed by atoms with Crippen LogP contribution in [0.1, 0.15) is 45.4 Å². The summed E-state index contributed by atoms with van der Waals surface area (Å²) in [6, 6.07) is 0.840. The molecule has 0 spiro atoms. The Morgan fingerprint density at radius 3 is 2.73 bits per heavy atom. The Morgan fingerprint density at radius 1 is 1.27 bits per heavy atom. The van der Waals surface area contributed by atoms with Crippen molar-refractivity contribution in [1.82, 2.24) is 30.3 Å². The fourth-order valence-corrected chi connectivity index (χ4v) is 3.16. The smallest absolute Gasteiger partial charge is 0.191 e. The first-order valence-corrected chi connectivity index (χ1v) is 9.93. The number of hydrogen-bond acceptors (Lipinski definition) is 4. The van der Waals surface area contributed by atoms with E-state index in [2.05, 4.69) is 44.1 Å². The molecule has 7 nitrogen and oxygen atoms in total. The van der Waals surface area contributed by atoms with E-state index in [4.69, 9.17) is 4.99 Å². The second-order valence-electron chi connectivity index (χ2n) is 7.15. The molecule has 2 fully saturated rings. The van der Waals surface area contributed by atoms with Gasteiger partial charge in [0.2, 0.25) is 0 Å². The predicted octanol–water partition coefficient (Wildman–Crippen LogP) is 1.89. The van der Waals surface area contributed by atoms with Crippen LogP contribution >= 0.6 is 24.0 Å². The Kier molecular flexibility index (Phi) is 9.10. The molecule has 0 amide bonds. The van der Waals surface area contributed by atoms with Crippen LogP contribution in [-0.4, -0.2) is 64.4 Å². The summed E-state index contributed by atoms with van der Waals surface area (Å²) in [7, 11) is 0. The summed E-state index contributed by atoms with van der Waals surface area (Å²) in [4.78, 5) is 7.43. The minimum Gasteiger partial charge on any atom is -0.357 e. The number of aliphatic imine (C=N–C) groups is 1. The molecule has 2 aliphatic rings. The first-order chi connectivity index (χ1) is 12.3. The second-order valence-corrected chi connectivity index (χ2v) is 7.15. The van der Waals surface area contributed by atoms with Gasteiger partial charge in [-0.05, 0) is 38.5 Å². The number of aromatic nitrogens is 3. The third-order valence-corrected chi connectivity index (χ3v) is 4.91. The van der Waals surface area contributed by atoms with Gasteiger partial charge in [0.15, 0.2) is 5.96 Å². The molecule has 0 aromatic carbocycles. The highest BCUT2D eigenvalue weighted by atomic mass is 127. The molecule has 2 saturated carbocycles. The Morgan fingerprint density at radius 2 is 2.08 bits per heavy atom. The van der Waals surface area contributed by atoms with Crippen LogP contribution in [-0.2, 0) is 13.0 Å². The normalized spacial score (nSPS) is 17.3. The van der Waals surface area contributed by atoms with Gasteiger partial charge < -0.3 is 15.2 Å². The van der Waals surface area contributed by atoms with Crippen LogP contribution in [0.5, 0.6) is 0 Å². The van der Waals surface area contributed by atoms with E-state index in [-0.39, 0.29) is 24.0 Å². The summed E-state index contributed by atoms with van der Waals surface area (Å²) in [6.07, 6.45) is 8.34. The monoisotopic (exact) mass is 475 g/mol. The summed E-state index contributed by atoms with van der Waals surface area (Å²) in [6.45, 7) is 10.0. The van der Waals surface area contributed by atoms with Gasteiger partial charge in [-0.2, -0.15) is 0 Å². The SMILES string of the molecule is CCNC(=NCCN(CC1CC1)C1CC1)NCCn1cnnc1CC.I. The lowest BCUT2D eigenvalue weighted by molar-refractivity contribution is 0.260. The number of halogens is 1. The average molecular weight is 475 g/mol. The number of aryl methyl sites for hydroxylation is 1. The summed E-state index contributed by atoms with van der Waals surface area (Å²) >= 11 is 0. The van der Waals surface area contributed by atoms with E-state index >= 15 is 0 Å². The lowest BCUT2D eigenvalue weighted by Crippen LogP contribution is -2.39. The van der Waals surface area contributed by atoms with Crippen LogP contribution in [0.4, 0.5) is 0 Å². The van der Waals surface area contributed by atoms with Crippen molar-refractivity contribution < 1.29 is 0 Å². The molecular formula is C18H34IN7. The molecule has 26 heavy (non-hydrogen) atoms. The van der Waals surface area contributed by atoms with Crippen LogP contribution in [0.25, 0.3) is 0 Å². The topological polar surface area (TPSA) is 70.4 Å². The van der Waals surface area contributed by atoms with E-state index in [0.29, 0.717) is 0 Å². The number of nitrogens with zero attached hydrogens (tertiary/aromatic N) is 5. The van der Waals surface area contributed by atoms with Gasteiger partial charge in [-0.15, -0.1) is 34.2 Å². The maximum Gasteiger partial charge on any atom is 0.191 e. The first kappa shape index (κ1) is 21.4. The highest BCUT2D eigenvalue weighted by Gasteiger charge is 2.33. The molecule has 1 heterocycles. The fraction of sp³-hybridized carbons (Fsp3) is 0.833. The molecule has 2 aliphatic carbocycles. The van der Waals surface area contributed by atoms with Gasteiger partial charge in [0, 0.05) is 45.2 Å². The van der Waals surface area contributed by atoms with Gasteiger partial charge in [-0.1, -0.05) is 6.92 Å². The molecule has 8 heteroatoms. The van der Waals surface area contributed by atoms with Crippen molar-refractivity contribution in [3.63, 3.8) is 0 Å². The van der Waals surface area contributed by atoms with Crippen LogP contribution in [0.15, 0.2) is 11.3 Å². The zero-order valence-electron chi connectivity index (χ0n) is 16.2. The quantitative estimate of drug-likeness (QED) is 0.291. The van der Waals surface area contributed by atoms with Crippen LogP contribution in [0.2, 0.25) is 0 Å². The number of rotatable bonds is 11. The zero-order valence-corrected chi connectivity index (χ0v) is 18.5. The predicted molar refractivity (Wildman–Crippen MR) is 116 cm³/mol. The van der Waals surface area contributed by atoms with E-state index in [1.165, 1.54) is 32.2 Å². The largest absolute Gasteiger partial charge is 0.357 e. The fourth-order valence-electron chi connectivity index (χ4n) is 3.16. The molecule has 0 atom stereocenters. The summed E-state index contributed by atoms with van der Waals surface area (Å²) in [5.74, 6) is 2.91. The number of guanidine groups is 1. The minimum absolute atomic E-state index is 0. The highest BCUT2D eigenvalue weighted by molar-refractivity contribution is 14.0. The first-order valence-electron chi connectivity index (χ1n) is 9.93. The Bertz CT molecular complexity index is 551. The Hall–Kier alpha value is -0.900. The van der Waals surface area contributed by atoms with Crippen molar-refractivity contribution in [2.45, 2.75) is 58.5 Å². The lowest BCUT2D eigenvalue weighted by Gasteiger charge is -2.21. The minimum atomic E-state index is 0. The lowest BCUT2D eigenvalue weighted by atomic mass is 10.3. The molecule has 0 aliphatic heterocycles. The standard InChI is InChI=1S/C18H33N7.HI/c1-3-17-23-22-14-25(17)12-10-21-18(19-4-2)20-9-11-24(16-7-8-16)13-15-5-6-15;/h14-16H,3-13H2,1-2H3,(H2,19,20,21);1H. The molecule has 1 aromatic heterocycles. The zero-order chi connectivity index (χ0) is 17.5. The third-order valence-electron chi connectivity index (χ3n) is 4.91. The molecule has 1 aromatic rings. The van der Waals surface area contributed by atoms with Crippen molar-refractivity contribution in [2.24, 2.45) is 10.9 Å². The number of nitrogens with one attached hydrogen (secondary N) is 2. The highest BCUT2D eigenvalue weighted by Crippen LogP contribution is 2.34. The average Bonchev–Trinajstić information content (AvgIpc) is 3.53.